The van der Waals surface area contributed by atoms with Crippen molar-refractivity contribution in [2.75, 3.05) is 26.1 Å². The zero-order chi connectivity index (χ0) is 15.1. The number of amides is 2. The summed E-state index contributed by atoms with van der Waals surface area (Å²) < 4.78 is 9.94. The molecule has 0 bridgehead atoms. The van der Waals surface area contributed by atoms with Gasteiger partial charge in [0.25, 0.3) is 0 Å². The summed E-state index contributed by atoms with van der Waals surface area (Å²) in [5, 5.41) is 14.2. The monoisotopic (exact) mass is 282 g/mol. The molecule has 0 aromatic heterocycles. The summed E-state index contributed by atoms with van der Waals surface area (Å²) in [6.07, 6.45) is -0.129. The molecule has 0 aliphatic carbocycles. The van der Waals surface area contributed by atoms with Crippen LogP contribution in [0.4, 0.5) is 10.5 Å². The highest BCUT2D eigenvalue weighted by Crippen LogP contribution is 2.22. The van der Waals surface area contributed by atoms with E-state index in [-0.39, 0.29) is 17.4 Å². The number of benzene rings is 1. The third-order valence-corrected chi connectivity index (χ3v) is 2.66. The summed E-state index contributed by atoms with van der Waals surface area (Å²) in [5.41, 5.74) is 0.153. The van der Waals surface area contributed by atoms with Gasteiger partial charge in [-0.15, -0.1) is 0 Å². The maximum Gasteiger partial charge on any atom is 0.337 e. The SMILES string of the molecule is COc1ccc(NC(=O)NCC(C)OC)c(C(=O)O)c1. The van der Waals surface area contributed by atoms with Gasteiger partial charge in [-0.05, 0) is 25.1 Å². The Kier molecular flexibility index (Phi) is 5.79. The maximum atomic E-state index is 11.7. The number of hydrogen-bond acceptors (Lipinski definition) is 4. The van der Waals surface area contributed by atoms with Gasteiger partial charge in [-0.3, -0.25) is 0 Å². The van der Waals surface area contributed by atoms with Crippen molar-refractivity contribution in [1.29, 1.82) is 0 Å². The van der Waals surface area contributed by atoms with Crippen molar-refractivity contribution in [2.45, 2.75) is 13.0 Å². The summed E-state index contributed by atoms with van der Waals surface area (Å²) in [6.45, 7) is 2.12. The Morgan fingerprint density at radius 1 is 1.35 bits per heavy atom. The molecule has 1 rings (SSSR count). The van der Waals surface area contributed by atoms with Crippen LogP contribution in [-0.2, 0) is 4.74 Å². The van der Waals surface area contributed by atoms with E-state index in [1.807, 2.05) is 0 Å². The largest absolute Gasteiger partial charge is 0.497 e. The number of nitrogens with one attached hydrogen (secondary N) is 2. The Morgan fingerprint density at radius 2 is 2.05 bits per heavy atom. The fourth-order valence-corrected chi connectivity index (χ4v) is 1.42. The lowest BCUT2D eigenvalue weighted by molar-refractivity contribution is 0.0697. The molecule has 2 amide bonds. The molecular weight excluding hydrogens is 264 g/mol. The van der Waals surface area contributed by atoms with Gasteiger partial charge in [0.2, 0.25) is 0 Å². The highest BCUT2D eigenvalue weighted by Gasteiger charge is 2.14. The van der Waals surface area contributed by atoms with Crippen LogP contribution >= 0.6 is 0 Å². The van der Waals surface area contributed by atoms with Crippen LogP contribution in [0, 0.1) is 0 Å². The van der Waals surface area contributed by atoms with Gasteiger partial charge in [-0.1, -0.05) is 0 Å². The van der Waals surface area contributed by atoms with Gasteiger partial charge in [-0.25, -0.2) is 9.59 Å². The Morgan fingerprint density at radius 3 is 2.60 bits per heavy atom. The molecule has 0 aliphatic heterocycles. The van der Waals surface area contributed by atoms with E-state index in [0.717, 1.165) is 0 Å². The molecule has 0 saturated heterocycles. The number of ether oxygens (including phenoxy) is 2. The van der Waals surface area contributed by atoms with E-state index in [9.17, 15) is 9.59 Å². The van der Waals surface area contributed by atoms with Crippen LogP contribution in [0.3, 0.4) is 0 Å². The zero-order valence-electron chi connectivity index (χ0n) is 11.6. The van der Waals surface area contributed by atoms with Crippen molar-refractivity contribution in [2.24, 2.45) is 0 Å². The lowest BCUT2D eigenvalue weighted by Gasteiger charge is -2.13. The van der Waals surface area contributed by atoms with E-state index in [4.69, 9.17) is 14.6 Å². The summed E-state index contributed by atoms with van der Waals surface area (Å²) in [4.78, 5) is 22.8. The van der Waals surface area contributed by atoms with Crippen molar-refractivity contribution in [1.82, 2.24) is 5.32 Å². The minimum atomic E-state index is -1.15. The number of urea groups is 1. The smallest absolute Gasteiger partial charge is 0.337 e. The third kappa shape index (κ3) is 4.43. The molecule has 0 heterocycles. The normalized spacial score (nSPS) is 11.6. The first-order chi connectivity index (χ1) is 9.47. The molecule has 1 aromatic carbocycles. The molecular formula is C13H18N2O5. The van der Waals surface area contributed by atoms with Gasteiger partial charge in [0, 0.05) is 13.7 Å². The van der Waals surface area contributed by atoms with E-state index in [1.54, 1.807) is 13.0 Å². The zero-order valence-corrected chi connectivity index (χ0v) is 11.6. The van der Waals surface area contributed by atoms with Crippen molar-refractivity contribution in [3.05, 3.63) is 23.8 Å². The Labute approximate surface area is 116 Å². The molecule has 0 radical (unpaired) electrons. The van der Waals surface area contributed by atoms with Crippen LogP contribution in [0.15, 0.2) is 18.2 Å². The van der Waals surface area contributed by atoms with Gasteiger partial charge in [-0.2, -0.15) is 0 Å². The first-order valence-electron chi connectivity index (χ1n) is 5.97. The molecule has 0 saturated carbocycles. The quantitative estimate of drug-likeness (QED) is 0.735. The van der Waals surface area contributed by atoms with Crippen LogP contribution in [0.1, 0.15) is 17.3 Å². The minimum Gasteiger partial charge on any atom is -0.497 e. The number of rotatable bonds is 6. The average molecular weight is 282 g/mol. The summed E-state index contributed by atoms with van der Waals surface area (Å²) in [5.74, 6) is -0.745. The van der Waals surface area contributed by atoms with E-state index >= 15 is 0 Å². The second-order valence-corrected chi connectivity index (χ2v) is 4.10. The number of carbonyl (C=O) groups is 2. The molecule has 0 spiro atoms. The van der Waals surface area contributed by atoms with E-state index in [0.29, 0.717) is 12.3 Å². The molecule has 7 nitrogen and oxygen atoms in total. The second kappa shape index (κ2) is 7.34. The fourth-order valence-electron chi connectivity index (χ4n) is 1.42. The first kappa shape index (κ1) is 15.8. The van der Waals surface area contributed by atoms with Gasteiger partial charge in [0.1, 0.15) is 5.75 Å². The van der Waals surface area contributed by atoms with Gasteiger partial charge >= 0.3 is 12.0 Å². The van der Waals surface area contributed by atoms with Gasteiger partial charge in [0.15, 0.2) is 0 Å². The number of methoxy groups -OCH3 is 2. The molecule has 110 valence electrons. The predicted octanol–water partition coefficient (Wildman–Crippen LogP) is 1.55. The van der Waals surface area contributed by atoms with Gasteiger partial charge < -0.3 is 25.2 Å². The van der Waals surface area contributed by atoms with Crippen LogP contribution in [0.2, 0.25) is 0 Å². The van der Waals surface area contributed by atoms with Crippen LogP contribution in [0.25, 0.3) is 0 Å². The molecule has 0 aliphatic rings. The highest BCUT2D eigenvalue weighted by atomic mass is 16.5. The number of carbonyl (C=O) groups excluding carboxylic acids is 1. The van der Waals surface area contributed by atoms with Crippen molar-refractivity contribution < 1.29 is 24.2 Å². The topological polar surface area (TPSA) is 96.9 Å². The van der Waals surface area contributed by atoms with Gasteiger partial charge in [0.05, 0.1) is 24.5 Å². The third-order valence-electron chi connectivity index (χ3n) is 2.66. The summed E-state index contributed by atoms with van der Waals surface area (Å²) in [7, 11) is 2.98. The number of carboxylic acids is 1. The lowest BCUT2D eigenvalue weighted by Crippen LogP contribution is -2.35. The van der Waals surface area contributed by atoms with Crippen molar-refractivity contribution >= 4 is 17.7 Å². The Bertz CT molecular complexity index is 490. The lowest BCUT2D eigenvalue weighted by atomic mass is 10.1. The first-order valence-corrected chi connectivity index (χ1v) is 5.97. The Hall–Kier alpha value is -2.28. The fraction of sp³-hybridized carbons (Fsp3) is 0.385. The molecule has 1 atom stereocenters. The summed E-state index contributed by atoms with van der Waals surface area (Å²) in [6, 6.07) is 3.89. The molecule has 0 fully saturated rings. The standard InChI is InChI=1S/C13H18N2O5/c1-8(19-2)7-14-13(18)15-11-5-4-9(20-3)6-10(11)12(16)17/h4-6,8H,7H2,1-3H3,(H,16,17)(H2,14,15,18). The second-order valence-electron chi connectivity index (χ2n) is 4.10. The molecule has 3 N–H and O–H groups in total. The number of carboxylic acid groups (broad SMARTS) is 1. The highest BCUT2D eigenvalue weighted by molar-refractivity contribution is 6.00. The summed E-state index contributed by atoms with van der Waals surface area (Å²) >= 11 is 0. The average Bonchev–Trinajstić information content (AvgIpc) is 2.44. The minimum absolute atomic E-state index is 0.0423. The number of anilines is 1. The molecule has 7 heteroatoms. The predicted molar refractivity (Wildman–Crippen MR) is 73.4 cm³/mol. The number of hydrogen-bond donors (Lipinski definition) is 3. The van der Waals surface area contributed by atoms with Crippen LogP contribution in [-0.4, -0.2) is 44.0 Å². The number of aromatic carboxylic acids is 1. The molecule has 1 aromatic rings. The molecule has 20 heavy (non-hydrogen) atoms. The maximum absolute atomic E-state index is 11.7. The van der Waals surface area contributed by atoms with Crippen molar-refractivity contribution in [3.8, 4) is 5.75 Å². The van der Waals surface area contributed by atoms with E-state index in [1.165, 1.54) is 26.4 Å². The van der Waals surface area contributed by atoms with E-state index in [2.05, 4.69) is 10.6 Å². The van der Waals surface area contributed by atoms with Crippen LogP contribution in [0.5, 0.6) is 5.75 Å². The van der Waals surface area contributed by atoms with Crippen LogP contribution < -0.4 is 15.4 Å². The molecule has 1 unspecified atom stereocenters. The van der Waals surface area contributed by atoms with Crippen molar-refractivity contribution in [3.63, 3.8) is 0 Å². The van der Waals surface area contributed by atoms with E-state index < -0.39 is 12.0 Å². The Balaban J connectivity index is 2.76.